The van der Waals surface area contributed by atoms with Crippen molar-refractivity contribution in [2.75, 3.05) is 6.61 Å². The molecule has 1 aromatic carbocycles. The summed E-state index contributed by atoms with van der Waals surface area (Å²) in [6.07, 6.45) is -3.77. The van der Waals surface area contributed by atoms with Crippen LogP contribution in [0.1, 0.15) is 29.8 Å². The number of rotatable bonds is 5. The van der Waals surface area contributed by atoms with Gasteiger partial charge in [-0.1, -0.05) is 18.2 Å². The van der Waals surface area contributed by atoms with Gasteiger partial charge in [-0.2, -0.15) is 13.2 Å². The first-order valence-electron chi connectivity index (χ1n) is 5.82. The number of hydrogen-bond acceptors (Lipinski definition) is 3. The Bertz CT molecular complexity index is 545. The Morgan fingerprint density at radius 1 is 1.25 bits per heavy atom. The first-order valence-corrected chi connectivity index (χ1v) is 5.82. The van der Waals surface area contributed by atoms with Gasteiger partial charge in [0.2, 0.25) is 0 Å². The quantitative estimate of drug-likeness (QED) is 0.274. The van der Waals surface area contributed by atoms with Crippen molar-refractivity contribution in [1.82, 2.24) is 0 Å². The van der Waals surface area contributed by atoms with E-state index in [4.69, 9.17) is 4.74 Å². The average Bonchev–Trinajstić information content (AvgIpc) is 2.37. The van der Waals surface area contributed by atoms with Gasteiger partial charge in [-0.3, -0.25) is 9.59 Å². The third kappa shape index (κ3) is 3.69. The van der Waals surface area contributed by atoms with Gasteiger partial charge in [0.1, 0.15) is 0 Å². The van der Waals surface area contributed by atoms with Crippen LogP contribution in [-0.4, -0.2) is 18.2 Å². The molecular weight excluding hydrogens is 273 g/mol. The average molecular weight is 286 g/mol. The molecule has 6 heteroatoms. The van der Waals surface area contributed by atoms with E-state index in [9.17, 15) is 22.8 Å². The summed E-state index contributed by atoms with van der Waals surface area (Å²) in [5.41, 5.74) is -2.06. The van der Waals surface area contributed by atoms with Gasteiger partial charge in [-0.25, -0.2) is 0 Å². The normalized spacial score (nSPS) is 12.2. The number of allylic oxidation sites excluding steroid dienone is 1. The number of Topliss-reactive ketones (excluding diaryl/α,β-unsaturated/α-hetero) is 2. The zero-order chi connectivity index (χ0) is 15.3. The SMILES string of the molecule is CCO/C=C(/C(C)=O)C(=O)c1ccccc1C(F)(F)F. The molecule has 0 saturated heterocycles. The lowest BCUT2D eigenvalue weighted by Gasteiger charge is -2.12. The van der Waals surface area contributed by atoms with Gasteiger partial charge in [0.05, 0.1) is 24.0 Å². The molecule has 108 valence electrons. The van der Waals surface area contributed by atoms with E-state index in [-0.39, 0.29) is 6.61 Å². The molecule has 0 spiro atoms. The predicted octanol–water partition coefficient (Wildman–Crippen LogP) is 3.40. The molecule has 3 nitrogen and oxygen atoms in total. The molecule has 1 rings (SSSR count). The number of carbonyl (C=O) groups is 2. The Kier molecular flexibility index (Phi) is 5.07. The van der Waals surface area contributed by atoms with Crippen molar-refractivity contribution in [3.63, 3.8) is 0 Å². The van der Waals surface area contributed by atoms with Crippen LogP contribution < -0.4 is 0 Å². The largest absolute Gasteiger partial charge is 0.501 e. The van der Waals surface area contributed by atoms with Crippen LogP contribution in [0.5, 0.6) is 0 Å². The zero-order valence-electron chi connectivity index (χ0n) is 11.0. The third-order valence-corrected chi connectivity index (χ3v) is 2.47. The molecule has 0 atom stereocenters. The van der Waals surface area contributed by atoms with Crippen molar-refractivity contribution in [3.05, 3.63) is 47.2 Å². The van der Waals surface area contributed by atoms with Gasteiger partial charge in [0, 0.05) is 5.56 Å². The molecule has 0 aromatic heterocycles. The number of alkyl halides is 3. The molecule has 0 radical (unpaired) electrons. The second-order valence-corrected chi connectivity index (χ2v) is 3.92. The van der Waals surface area contributed by atoms with Crippen molar-refractivity contribution >= 4 is 11.6 Å². The van der Waals surface area contributed by atoms with E-state index >= 15 is 0 Å². The van der Waals surface area contributed by atoms with Crippen molar-refractivity contribution < 1.29 is 27.5 Å². The third-order valence-electron chi connectivity index (χ3n) is 2.47. The lowest BCUT2D eigenvalue weighted by atomic mass is 9.97. The van der Waals surface area contributed by atoms with Gasteiger partial charge in [-0.05, 0) is 19.9 Å². The minimum Gasteiger partial charge on any atom is -0.501 e. The summed E-state index contributed by atoms with van der Waals surface area (Å²) in [6, 6.07) is 4.32. The molecule has 0 aliphatic carbocycles. The van der Waals surface area contributed by atoms with E-state index in [1.807, 2.05) is 0 Å². The molecule has 0 saturated carbocycles. The lowest BCUT2D eigenvalue weighted by Crippen LogP contribution is -2.17. The summed E-state index contributed by atoms with van der Waals surface area (Å²) in [4.78, 5) is 23.5. The molecule has 0 amide bonds. The fraction of sp³-hybridized carbons (Fsp3) is 0.286. The van der Waals surface area contributed by atoms with Crippen LogP contribution in [0.2, 0.25) is 0 Å². The molecule has 1 aromatic rings. The Balaban J connectivity index is 3.30. The molecular formula is C14H13F3O3. The summed E-state index contributed by atoms with van der Waals surface area (Å²) in [5.74, 6) is -1.65. The van der Waals surface area contributed by atoms with E-state index in [2.05, 4.69) is 0 Å². The van der Waals surface area contributed by atoms with Crippen LogP contribution in [0.4, 0.5) is 13.2 Å². The smallest absolute Gasteiger partial charge is 0.417 e. The molecule has 0 aliphatic heterocycles. The maximum atomic E-state index is 12.8. The van der Waals surface area contributed by atoms with Gasteiger partial charge in [0.15, 0.2) is 11.6 Å². The second kappa shape index (κ2) is 6.36. The minimum atomic E-state index is -4.67. The van der Waals surface area contributed by atoms with E-state index in [0.29, 0.717) is 0 Å². The number of benzene rings is 1. The Morgan fingerprint density at radius 2 is 1.85 bits per heavy atom. The van der Waals surface area contributed by atoms with Crippen molar-refractivity contribution in [2.24, 2.45) is 0 Å². The minimum absolute atomic E-state index is 0.199. The van der Waals surface area contributed by atoms with Crippen molar-refractivity contribution in [2.45, 2.75) is 20.0 Å². The number of ketones is 2. The van der Waals surface area contributed by atoms with Crippen LogP contribution in [0, 0.1) is 0 Å². The van der Waals surface area contributed by atoms with Gasteiger partial charge in [0.25, 0.3) is 0 Å². The molecule has 0 N–H and O–H groups in total. The lowest BCUT2D eigenvalue weighted by molar-refractivity contribution is -0.138. The highest BCUT2D eigenvalue weighted by Crippen LogP contribution is 2.32. The standard InChI is InChI=1S/C14H13F3O3/c1-3-20-8-11(9(2)18)13(19)10-6-4-5-7-12(10)14(15,16)17/h4-8H,3H2,1-2H3/b11-8-. The molecule has 0 aliphatic rings. The summed E-state index contributed by atoms with van der Waals surface area (Å²) in [7, 11) is 0. The van der Waals surface area contributed by atoms with Crippen LogP contribution in [0.15, 0.2) is 36.1 Å². The highest BCUT2D eigenvalue weighted by atomic mass is 19.4. The summed E-state index contributed by atoms with van der Waals surface area (Å²) >= 11 is 0. The van der Waals surface area contributed by atoms with Gasteiger partial charge < -0.3 is 4.74 Å². The fourth-order valence-corrected chi connectivity index (χ4v) is 1.54. The number of hydrogen-bond donors (Lipinski definition) is 0. The number of halogens is 3. The first kappa shape index (κ1) is 15.9. The molecule has 0 bridgehead atoms. The fourth-order valence-electron chi connectivity index (χ4n) is 1.54. The molecule has 20 heavy (non-hydrogen) atoms. The topological polar surface area (TPSA) is 43.4 Å². The Morgan fingerprint density at radius 3 is 2.35 bits per heavy atom. The highest BCUT2D eigenvalue weighted by molar-refractivity contribution is 6.25. The second-order valence-electron chi connectivity index (χ2n) is 3.92. The monoisotopic (exact) mass is 286 g/mol. The van der Waals surface area contributed by atoms with Crippen LogP contribution >= 0.6 is 0 Å². The van der Waals surface area contributed by atoms with Gasteiger partial charge >= 0.3 is 6.18 Å². The summed E-state index contributed by atoms with van der Waals surface area (Å²) in [5, 5.41) is 0. The Hall–Kier alpha value is -2.11. The van der Waals surface area contributed by atoms with E-state index in [1.165, 1.54) is 12.1 Å². The number of carbonyl (C=O) groups excluding carboxylic acids is 2. The van der Waals surface area contributed by atoms with E-state index in [1.54, 1.807) is 6.92 Å². The predicted molar refractivity (Wildman–Crippen MR) is 66.2 cm³/mol. The van der Waals surface area contributed by atoms with Crippen LogP contribution in [0.25, 0.3) is 0 Å². The van der Waals surface area contributed by atoms with Crippen molar-refractivity contribution in [1.29, 1.82) is 0 Å². The first-order chi connectivity index (χ1) is 9.29. The van der Waals surface area contributed by atoms with Crippen LogP contribution in [0.3, 0.4) is 0 Å². The molecule has 0 fully saturated rings. The van der Waals surface area contributed by atoms with E-state index in [0.717, 1.165) is 25.3 Å². The summed E-state index contributed by atoms with van der Waals surface area (Å²) < 4.78 is 43.4. The molecule has 0 unspecified atom stereocenters. The summed E-state index contributed by atoms with van der Waals surface area (Å²) in [6.45, 7) is 2.92. The zero-order valence-corrected chi connectivity index (χ0v) is 11.0. The Labute approximate surface area is 114 Å². The molecule has 0 heterocycles. The maximum Gasteiger partial charge on any atom is 0.417 e. The van der Waals surface area contributed by atoms with Crippen molar-refractivity contribution in [3.8, 4) is 0 Å². The van der Waals surface area contributed by atoms with Crippen LogP contribution in [-0.2, 0) is 15.7 Å². The maximum absolute atomic E-state index is 12.8. The van der Waals surface area contributed by atoms with E-state index < -0.39 is 34.4 Å². The van der Waals surface area contributed by atoms with Gasteiger partial charge in [-0.15, -0.1) is 0 Å². The number of ether oxygens (including phenoxy) is 1. The highest BCUT2D eigenvalue weighted by Gasteiger charge is 2.35.